The van der Waals surface area contributed by atoms with Gasteiger partial charge in [0.15, 0.2) is 0 Å². The molecular weight excluding hydrogens is 202 g/mol. The van der Waals surface area contributed by atoms with Crippen LogP contribution < -0.4 is 10.1 Å². The zero-order chi connectivity index (χ0) is 11.8. The van der Waals surface area contributed by atoms with Crippen LogP contribution in [0.25, 0.3) is 0 Å². The van der Waals surface area contributed by atoms with Gasteiger partial charge in [0.05, 0.1) is 12.3 Å². The Balaban J connectivity index is 2.35. The molecule has 1 aromatic rings. The Morgan fingerprint density at radius 2 is 2.12 bits per heavy atom. The molecule has 0 fully saturated rings. The zero-order valence-corrected chi connectivity index (χ0v) is 10.4. The minimum absolute atomic E-state index is 0.507. The van der Waals surface area contributed by atoms with Crippen LogP contribution in [-0.2, 0) is 6.54 Å². The molecule has 0 radical (unpaired) electrons. The van der Waals surface area contributed by atoms with Gasteiger partial charge in [-0.1, -0.05) is 20.8 Å². The second-order valence-corrected chi connectivity index (χ2v) is 4.24. The van der Waals surface area contributed by atoms with Gasteiger partial charge in [0.2, 0.25) is 5.88 Å². The summed E-state index contributed by atoms with van der Waals surface area (Å²) in [5.41, 5.74) is 0.949. The summed E-state index contributed by atoms with van der Waals surface area (Å²) in [6.45, 7) is 8.81. The third-order valence-corrected chi connectivity index (χ3v) is 1.99. The largest absolute Gasteiger partial charge is 0.476 e. The summed E-state index contributed by atoms with van der Waals surface area (Å²) in [7, 11) is 0. The first kappa shape index (κ1) is 12.9. The van der Waals surface area contributed by atoms with Crippen molar-refractivity contribution in [1.82, 2.24) is 15.5 Å². The Kier molecular flexibility index (Phi) is 5.78. The van der Waals surface area contributed by atoms with E-state index in [1.165, 1.54) is 0 Å². The molecule has 0 aliphatic rings. The molecular formula is C12H21N3O. The maximum Gasteiger partial charge on any atom is 0.233 e. The number of nitrogens with one attached hydrogen (secondary N) is 1. The van der Waals surface area contributed by atoms with Crippen molar-refractivity contribution in [2.24, 2.45) is 5.92 Å². The summed E-state index contributed by atoms with van der Waals surface area (Å²) in [6, 6.07) is 3.82. The van der Waals surface area contributed by atoms with Crippen LogP contribution in [0, 0.1) is 5.92 Å². The highest BCUT2D eigenvalue weighted by molar-refractivity contribution is 5.11. The van der Waals surface area contributed by atoms with Gasteiger partial charge in [0, 0.05) is 12.6 Å². The van der Waals surface area contributed by atoms with Crippen molar-refractivity contribution in [3.63, 3.8) is 0 Å². The maximum absolute atomic E-state index is 5.45. The quantitative estimate of drug-likeness (QED) is 0.718. The number of ether oxygens (including phenoxy) is 1. The van der Waals surface area contributed by atoms with Gasteiger partial charge < -0.3 is 10.1 Å². The van der Waals surface area contributed by atoms with Gasteiger partial charge >= 0.3 is 0 Å². The molecule has 0 saturated carbocycles. The summed E-state index contributed by atoms with van der Waals surface area (Å²) >= 11 is 0. The fourth-order valence-corrected chi connectivity index (χ4v) is 1.16. The number of nitrogens with zero attached hydrogens (tertiary/aromatic N) is 2. The SMILES string of the molecule is CCCNCc1ccc(OCC(C)C)nn1. The molecule has 0 amide bonds. The van der Waals surface area contributed by atoms with Crippen LogP contribution in [0.15, 0.2) is 12.1 Å². The first-order chi connectivity index (χ1) is 7.72. The normalized spacial score (nSPS) is 10.8. The van der Waals surface area contributed by atoms with E-state index in [1.54, 1.807) is 0 Å². The van der Waals surface area contributed by atoms with Crippen molar-refractivity contribution in [2.45, 2.75) is 33.7 Å². The minimum Gasteiger partial charge on any atom is -0.476 e. The Hall–Kier alpha value is -1.16. The monoisotopic (exact) mass is 223 g/mol. The highest BCUT2D eigenvalue weighted by atomic mass is 16.5. The number of aromatic nitrogens is 2. The molecule has 0 bridgehead atoms. The minimum atomic E-state index is 0.507. The Morgan fingerprint density at radius 1 is 1.31 bits per heavy atom. The van der Waals surface area contributed by atoms with Gasteiger partial charge in [-0.3, -0.25) is 0 Å². The van der Waals surface area contributed by atoms with Crippen LogP contribution in [0.3, 0.4) is 0 Å². The van der Waals surface area contributed by atoms with Crippen molar-refractivity contribution >= 4 is 0 Å². The molecule has 0 aromatic carbocycles. The lowest BCUT2D eigenvalue weighted by molar-refractivity contribution is 0.258. The molecule has 0 aliphatic carbocycles. The van der Waals surface area contributed by atoms with E-state index in [1.807, 2.05) is 12.1 Å². The molecule has 0 atom stereocenters. The van der Waals surface area contributed by atoms with Crippen molar-refractivity contribution in [2.75, 3.05) is 13.2 Å². The van der Waals surface area contributed by atoms with E-state index in [4.69, 9.17) is 4.74 Å². The lowest BCUT2D eigenvalue weighted by Crippen LogP contribution is -2.15. The molecule has 1 heterocycles. The van der Waals surface area contributed by atoms with Gasteiger partial charge in [0.25, 0.3) is 0 Å². The molecule has 0 unspecified atom stereocenters. The third kappa shape index (κ3) is 5.07. The molecule has 0 spiro atoms. The Labute approximate surface area is 97.4 Å². The first-order valence-corrected chi connectivity index (χ1v) is 5.88. The van der Waals surface area contributed by atoms with E-state index in [0.717, 1.165) is 25.2 Å². The van der Waals surface area contributed by atoms with Crippen LogP contribution in [0.5, 0.6) is 5.88 Å². The smallest absolute Gasteiger partial charge is 0.233 e. The molecule has 16 heavy (non-hydrogen) atoms. The molecule has 4 nitrogen and oxygen atoms in total. The van der Waals surface area contributed by atoms with Crippen molar-refractivity contribution in [3.8, 4) is 5.88 Å². The second kappa shape index (κ2) is 7.17. The molecule has 90 valence electrons. The first-order valence-electron chi connectivity index (χ1n) is 5.88. The predicted molar refractivity (Wildman–Crippen MR) is 64.4 cm³/mol. The highest BCUT2D eigenvalue weighted by Gasteiger charge is 2.00. The van der Waals surface area contributed by atoms with Gasteiger partial charge in [-0.25, -0.2) is 0 Å². The standard InChI is InChI=1S/C12H21N3O/c1-4-7-13-8-11-5-6-12(15-14-11)16-9-10(2)3/h5-6,10,13H,4,7-9H2,1-3H3. The Bertz CT molecular complexity index is 285. The van der Waals surface area contributed by atoms with E-state index in [0.29, 0.717) is 18.4 Å². The molecule has 1 aromatic heterocycles. The van der Waals surface area contributed by atoms with Crippen molar-refractivity contribution in [3.05, 3.63) is 17.8 Å². The van der Waals surface area contributed by atoms with Crippen LogP contribution in [0.4, 0.5) is 0 Å². The van der Waals surface area contributed by atoms with Crippen LogP contribution in [-0.4, -0.2) is 23.3 Å². The van der Waals surface area contributed by atoms with Crippen LogP contribution in [0.1, 0.15) is 32.9 Å². The lowest BCUT2D eigenvalue weighted by Gasteiger charge is -2.07. The van der Waals surface area contributed by atoms with Crippen LogP contribution in [0.2, 0.25) is 0 Å². The summed E-state index contributed by atoms with van der Waals surface area (Å²) in [6.07, 6.45) is 1.13. The fraction of sp³-hybridized carbons (Fsp3) is 0.667. The molecule has 0 aliphatic heterocycles. The number of rotatable bonds is 7. The summed E-state index contributed by atoms with van der Waals surface area (Å²) in [5, 5.41) is 11.4. The fourth-order valence-electron chi connectivity index (χ4n) is 1.16. The van der Waals surface area contributed by atoms with Gasteiger partial charge in [-0.05, 0) is 24.9 Å². The molecule has 4 heteroatoms. The van der Waals surface area contributed by atoms with E-state index < -0.39 is 0 Å². The molecule has 1 rings (SSSR count). The topological polar surface area (TPSA) is 47.0 Å². The average Bonchev–Trinajstić information content (AvgIpc) is 2.28. The zero-order valence-electron chi connectivity index (χ0n) is 10.4. The Morgan fingerprint density at radius 3 is 2.69 bits per heavy atom. The van der Waals surface area contributed by atoms with E-state index in [-0.39, 0.29) is 0 Å². The number of hydrogen-bond donors (Lipinski definition) is 1. The predicted octanol–water partition coefficient (Wildman–Crippen LogP) is 2.01. The third-order valence-electron chi connectivity index (χ3n) is 1.99. The maximum atomic E-state index is 5.45. The van der Waals surface area contributed by atoms with Gasteiger partial charge in [-0.2, -0.15) is 5.10 Å². The number of hydrogen-bond acceptors (Lipinski definition) is 4. The highest BCUT2D eigenvalue weighted by Crippen LogP contribution is 2.06. The molecule has 0 saturated heterocycles. The van der Waals surface area contributed by atoms with Gasteiger partial charge in [-0.15, -0.1) is 5.10 Å². The van der Waals surface area contributed by atoms with E-state index in [2.05, 4.69) is 36.3 Å². The van der Waals surface area contributed by atoms with E-state index in [9.17, 15) is 0 Å². The second-order valence-electron chi connectivity index (χ2n) is 4.24. The summed E-state index contributed by atoms with van der Waals surface area (Å²) in [5.74, 6) is 1.11. The van der Waals surface area contributed by atoms with E-state index >= 15 is 0 Å². The van der Waals surface area contributed by atoms with Crippen molar-refractivity contribution < 1.29 is 4.74 Å². The molecule has 1 N–H and O–H groups in total. The average molecular weight is 223 g/mol. The van der Waals surface area contributed by atoms with Crippen LogP contribution >= 0.6 is 0 Å². The summed E-state index contributed by atoms with van der Waals surface area (Å²) < 4.78 is 5.45. The van der Waals surface area contributed by atoms with Gasteiger partial charge in [0.1, 0.15) is 0 Å². The van der Waals surface area contributed by atoms with Crippen molar-refractivity contribution in [1.29, 1.82) is 0 Å². The summed E-state index contributed by atoms with van der Waals surface area (Å²) in [4.78, 5) is 0. The lowest BCUT2D eigenvalue weighted by atomic mass is 10.2.